The number of nitrogen functional groups attached to an aromatic ring is 1. The molecule has 0 saturated carbocycles. The van der Waals surface area contributed by atoms with Crippen molar-refractivity contribution >= 4 is 5.95 Å². The summed E-state index contributed by atoms with van der Waals surface area (Å²) >= 11 is 0. The summed E-state index contributed by atoms with van der Waals surface area (Å²) in [5.74, 6) is 1.75. The van der Waals surface area contributed by atoms with E-state index in [1.54, 1.807) is 11.0 Å². The van der Waals surface area contributed by atoms with Crippen LogP contribution >= 0.6 is 0 Å². The van der Waals surface area contributed by atoms with Gasteiger partial charge in [0.05, 0.1) is 13.2 Å². The van der Waals surface area contributed by atoms with Crippen LogP contribution in [-0.4, -0.2) is 28.0 Å². The van der Waals surface area contributed by atoms with Crippen LogP contribution in [0.4, 0.5) is 5.95 Å². The van der Waals surface area contributed by atoms with Gasteiger partial charge in [0.25, 0.3) is 0 Å². The average Bonchev–Trinajstić information content (AvgIpc) is 2.78. The van der Waals surface area contributed by atoms with Crippen molar-refractivity contribution < 1.29 is 9.47 Å². The first-order chi connectivity index (χ1) is 8.79. The number of nitrogens with two attached hydrogens (primary N) is 1. The van der Waals surface area contributed by atoms with Gasteiger partial charge in [-0.25, -0.2) is 9.67 Å². The Morgan fingerprint density at radius 1 is 1.22 bits per heavy atom. The Kier molecular flexibility index (Phi) is 4.01. The molecule has 96 valence electrons. The van der Waals surface area contributed by atoms with Crippen molar-refractivity contribution in [1.29, 1.82) is 0 Å². The second-order valence-corrected chi connectivity index (χ2v) is 3.59. The number of anilines is 1. The van der Waals surface area contributed by atoms with Crippen LogP contribution in [0.5, 0.6) is 11.5 Å². The molecule has 6 nitrogen and oxygen atoms in total. The molecule has 1 aromatic carbocycles. The molecule has 18 heavy (non-hydrogen) atoms. The number of benzene rings is 1. The molecule has 0 atom stereocenters. The van der Waals surface area contributed by atoms with Gasteiger partial charge in [-0.1, -0.05) is 12.1 Å². The number of rotatable bonds is 6. The molecule has 0 aliphatic heterocycles. The zero-order valence-electron chi connectivity index (χ0n) is 10.2. The summed E-state index contributed by atoms with van der Waals surface area (Å²) in [4.78, 5) is 3.84. The Labute approximate surface area is 105 Å². The van der Waals surface area contributed by atoms with Gasteiger partial charge in [0.1, 0.15) is 12.9 Å². The van der Waals surface area contributed by atoms with Gasteiger partial charge in [0, 0.05) is 0 Å². The van der Waals surface area contributed by atoms with Crippen LogP contribution in [0.15, 0.2) is 30.6 Å². The summed E-state index contributed by atoms with van der Waals surface area (Å²) in [6, 6.07) is 7.58. The van der Waals surface area contributed by atoms with Crippen LogP contribution in [0.1, 0.15) is 6.92 Å². The van der Waals surface area contributed by atoms with Gasteiger partial charge >= 0.3 is 0 Å². The van der Waals surface area contributed by atoms with E-state index in [9.17, 15) is 0 Å². The molecule has 2 N–H and O–H groups in total. The molecular weight excluding hydrogens is 232 g/mol. The normalized spacial score (nSPS) is 10.3. The number of para-hydroxylation sites is 2. The van der Waals surface area contributed by atoms with Crippen molar-refractivity contribution in [2.75, 3.05) is 18.9 Å². The molecule has 0 aliphatic rings. The Morgan fingerprint density at radius 2 is 1.94 bits per heavy atom. The fraction of sp³-hybridized carbons (Fsp3) is 0.333. The molecular formula is C12H16N4O2. The second-order valence-electron chi connectivity index (χ2n) is 3.59. The number of ether oxygens (including phenoxy) is 2. The van der Waals surface area contributed by atoms with Gasteiger partial charge in [0.15, 0.2) is 11.5 Å². The quantitative estimate of drug-likeness (QED) is 0.834. The lowest BCUT2D eigenvalue weighted by atomic mass is 10.3. The SMILES string of the molecule is CCOc1ccccc1OCCn1cnc(N)n1. The number of nitrogens with zero attached hydrogens (tertiary/aromatic N) is 3. The molecule has 0 amide bonds. The van der Waals surface area contributed by atoms with Gasteiger partial charge in [0.2, 0.25) is 5.95 Å². The molecule has 2 rings (SSSR count). The summed E-state index contributed by atoms with van der Waals surface area (Å²) in [5, 5.41) is 3.97. The van der Waals surface area contributed by atoms with Crippen LogP contribution in [0.2, 0.25) is 0 Å². The minimum Gasteiger partial charge on any atom is -0.490 e. The van der Waals surface area contributed by atoms with Gasteiger partial charge in [-0.2, -0.15) is 0 Å². The third-order valence-electron chi connectivity index (χ3n) is 2.28. The van der Waals surface area contributed by atoms with E-state index >= 15 is 0 Å². The summed E-state index contributed by atoms with van der Waals surface area (Å²) in [5.41, 5.74) is 5.42. The van der Waals surface area contributed by atoms with Gasteiger partial charge in [-0.05, 0) is 19.1 Å². The van der Waals surface area contributed by atoms with Crippen molar-refractivity contribution in [3.63, 3.8) is 0 Å². The van der Waals surface area contributed by atoms with Crippen LogP contribution in [0.3, 0.4) is 0 Å². The van der Waals surface area contributed by atoms with Crippen molar-refractivity contribution in [3.05, 3.63) is 30.6 Å². The van der Waals surface area contributed by atoms with E-state index < -0.39 is 0 Å². The van der Waals surface area contributed by atoms with Crippen LogP contribution in [-0.2, 0) is 6.54 Å². The van der Waals surface area contributed by atoms with Gasteiger partial charge in [-0.15, -0.1) is 5.10 Å². The van der Waals surface area contributed by atoms with Crippen molar-refractivity contribution in [3.8, 4) is 11.5 Å². The van der Waals surface area contributed by atoms with E-state index in [1.807, 2.05) is 31.2 Å². The molecule has 0 aliphatic carbocycles. The predicted molar refractivity (Wildman–Crippen MR) is 67.5 cm³/mol. The van der Waals surface area contributed by atoms with E-state index in [-0.39, 0.29) is 5.95 Å². The maximum Gasteiger partial charge on any atom is 0.239 e. The Bertz CT molecular complexity index is 498. The Balaban J connectivity index is 1.89. The Hall–Kier alpha value is -2.24. The highest BCUT2D eigenvalue weighted by Gasteiger charge is 2.03. The molecule has 6 heteroatoms. The molecule has 0 saturated heterocycles. The number of hydrogen-bond donors (Lipinski definition) is 1. The maximum atomic E-state index is 5.65. The number of hydrogen-bond acceptors (Lipinski definition) is 5. The number of aromatic nitrogens is 3. The molecule has 1 heterocycles. The lowest BCUT2D eigenvalue weighted by molar-refractivity contribution is 0.262. The molecule has 1 aromatic heterocycles. The zero-order chi connectivity index (χ0) is 12.8. The summed E-state index contributed by atoms with van der Waals surface area (Å²) < 4.78 is 12.8. The lowest BCUT2D eigenvalue weighted by Crippen LogP contribution is -2.09. The third kappa shape index (κ3) is 3.13. The van der Waals surface area contributed by atoms with Crippen molar-refractivity contribution in [1.82, 2.24) is 14.8 Å². The third-order valence-corrected chi connectivity index (χ3v) is 2.28. The first kappa shape index (κ1) is 12.2. The molecule has 0 radical (unpaired) electrons. The van der Waals surface area contributed by atoms with Crippen molar-refractivity contribution in [2.45, 2.75) is 13.5 Å². The van der Waals surface area contributed by atoms with Gasteiger partial charge < -0.3 is 15.2 Å². The highest BCUT2D eigenvalue weighted by molar-refractivity contribution is 5.39. The minimum atomic E-state index is 0.268. The zero-order valence-corrected chi connectivity index (χ0v) is 10.2. The van der Waals surface area contributed by atoms with E-state index in [0.29, 0.717) is 19.8 Å². The predicted octanol–water partition coefficient (Wildman–Crippen LogP) is 1.34. The minimum absolute atomic E-state index is 0.268. The Morgan fingerprint density at radius 3 is 2.56 bits per heavy atom. The van der Waals surface area contributed by atoms with E-state index in [0.717, 1.165) is 11.5 Å². The summed E-state index contributed by atoms with van der Waals surface area (Å²) in [6.07, 6.45) is 1.58. The fourth-order valence-electron chi connectivity index (χ4n) is 1.51. The van der Waals surface area contributed by atoms with Crippen LogP contribution < -0.4 is 15.2 Å². The first-order valence-electron chi connectivity index (χ1n) is 5.79. The summed E-state index contributed by atoms with van der Waals surface area (Å²) in [6.45, 7) is 3.62. The monoisotopic (exact) mass is 248 g/mol. The van der Waals surface area contributed by atoms with Crippen LogP contribution in [0.25, 0.3) is 0 Å². The fourth-order valence-corrected chi connectivity index (χ4v) is 1.51. The standard InChI is InChI=1S/C12H16N4O2/c1-2-17-10-5-3-4-6-11(10)18-8-7-16-9-14-12(13)15-16/h3-6,9H,2,7-8H2,1H3,(H2,13,15). The average molecular weight is 248 g/mol. The summed E-state index contributed by atoms with van der Waals surface area (Å²) in [7, 11) is 0. The lowest BCUT2D eigenvalue weighted by Gasteiger charge is -2.11. The maximum absolute atomic E-state index is 5.65. The largest absolute Gasteiger partial charge is 0.490 e. The highest BCUT2D eigenvalue weighted by atomic mass is 16.5. The highest BCUT2D eigenvalue weighted by Crippen LogP contribution is 2.26. The van der Waals surface area contributed by atoms with E-state index in [2.05, 4.69) is 10.1 Å². The molecule has 0 unspecified atom stereocenters. The first-order valence-corrected chi connectivity index (χ1v) is 5.79. The topological polar surface area (TPSA) is 75.2 Å². The molecule has 0 spiro atoms. The molecule has 0 fully saturated rings. The van der Waals surface area contributed by atoms with Gasteiger partial charge in [-0.3, -0.25) is 0 Å². The molecule has 0 bridgehead atoms. The van der Waals surface area contributed by atoms with E-state index in [1.165, 1.54) is 0 Å². The molecule has 2 aromatic rings. The van der Waals surface area contributed by atoms with Crippen molar-refractivity contribution in [2.24, 2.45) is 0 Å². The van der Waals surface area contributed by atoms with Crippen LogP contribution in [0, 0.1) is 0 Å². The smallest absolute Gasteiger partial charge is 0.239 e. The van der Waals surface area contributed by atoms with E-state index in [4.69, 9.17) is 15.2 Å². The second kappa shape index (κ2) is 5.90.